The molecule has 0 unspecified atom stereocenters. The fourth-order valence-corrected chi connectivity index (χ4v) is 4.21. The van der Waals surface area contributed by atoms with Crippen LogP contribution in [-0.4, -0.2) is 51.3 Å². The zero-order chi connectivity index (χ0) is 19.1. The Morgan fingerprint density at radius 1 is 1.21 bits per heavy atom. The van der Waals surface area contributed by atoms with Crippen LogP contribution >= 0.6 is 0 Å². The minimum Gasteiger partial charge on any atom is -0.355 e. The van der Waals surface area contributed by atoms with Crippen LogP contribution in [0.4, 0.5) is 17.3 Å². The number of aromatic nitrogens is 5. The summed E-state index contributed by atoms with van der Waals surface area (Å²) in [5, 5.41) is 7.64. The monoisotopic (exact) mass is 378 g/mol. The molecule has 3 aromatic heterocycles. The van der Waals surface area contributed by atoms with Crippen molar-refractivity contribution >= 4 is 28.5 Å². The van der Waals surface area contributed by atoms with Gasteiger partial charge in [-0.2, -0.15) is 5.10 Å². The van der Waals surface area contributed by atoms with Gasteiger partial charge in [0.25, 0.3) is 0 Å². The largest absolute Gasteiger partial charge is 0.355 e. The van der Waals surface area contributed by atoms with Gasteiger partial charge in [-0.3, -0.25) is 10.1 Å². The van der Waals surface area contributed by atoms with Crippen LogP contribution in [0.1, 0.15) is 31.9 Å². The molecule has 0 radical (unpaired) electrons. The Bertz CT molecular complexity index is 989. The molecule has 0 spiro atoms. The highest BCUT2D eigenvalue weighted by atomic mass is 15.3. The second-order valence-corrected chi connectivity index (χ2v) is 8.20. The van der Waals surface area contributed by atoms with E-state index in [4.69, 9.17) is 15.7 Å². The second kappa shape index (κ2) is 6.70. The van der Waals surface area contributed by atoms with Crippen LogP contribution in [0.5, 0.6) is 0 Å². The molecule has 3 aromatic rings. The first-order valence-corrected chi connectivity index (χ1v) is 10.0. The van der Waals surface area contributed by atoms with Crippen molar-refractivity contribution in [2.45, 2.75) is 32.6 Å². The number of nitrogens with one attached hydrogen (secondary N) is 1. The van der Waals surface area contributed by atoms with E-state index >= 15 is 0 Å². The van der Waals surface area contributed by atoms with Crippen LogP contribution in [0.15, 0.2) is 24.5 Å². The zero-order valence-electron chi connectivity index (χ0n) is 16.2. The van der Waals surface area contributed by atoms with Gasteiger partial charge in [-0.05, 0) is 49.8 Å². The van der Waals surface area contributed by atoms with Crippen molar-refractivity contribution < 1.29 is 0 Å². The van der Waals surface area contributed by atoms with E-state index in [1.807, 2.05) is 18.5 Å². The smallest absolute Gasteiger partial charge is 0.183 e. The van der Waals surface area contributed by atoms with Crippen LogP contribution < -0.4 is 15.5 Å². The van der Waals surface area contributed by atoms with Gasteiger partial charge in [0.1, 0.15) is 5.82 Å². The van der Waals surface area contributed by atoms with Gasteiger partial charge in [0.05, 0.1) is 17.6 Å². The molecule has 8 nitrogen and oxygen atoms in total. The number of rotatable bonds is 3. The first kappa shape index (κ1) is 17.4. The highest BCUT2D eigenvalue weighted by Gasteiger charge is 2.30. The number of aromatic amines is 1. The van der Waals surface area contributed by atoms with Gasteiger partial charge >= 0.3 is 0 Å². The topological polar surface area (TPSA) is 99.9 Å². The minimum atomic E-state index is 0.241. The molecule has 0 aliphatic carbocycles. The molecule has 2 aliphatic rings. The van der Waals surface area contributed by atoms with Gasteiger partial charge < -0.3 is 15.5 Å². The Morgan fingerprint density at radius 2 is 2.07 bits per heavy atom. The molecule has 28 heavy (non-hydrogen) atoms. The summed E-state index contributed by atoms with van der Waals surface area (Å²) in [6.45, 7) is 5.83. The molecule has 146 valence electrons. The number of pyridine rings is 1. The molecule has 5 heterocycles. The Hall–Kier alpha value is -2.74. The first-order chi connectivity index (χ1) is 13.7. The average Bonchev–Trinajstić information content (AvgIpc) is 3.17. The standard InChI is InChI=1S/C20H26N8/c1-20(13-21)6-10-27(11-7-20)16-12-23-17-18(24-16)25-26-19(17)28-9-3-4-14-15(28)5-2-8-22-14/h2,5,8,12H,3-4,6-7,9-11,13,21H2,1H3,(H,24,25,26). The Kier molecular flexibility index (Phi) is 4.16. The molecular weight excluding hydrogens is 352 g/mol. The molecule has 0 aromatic carbocycles. The SMILES string of the molecule is CC1(CN)CCN(c2cnc3c(N4CCCc5ncccc54)n[nH]c3n2)CC1. The Morgan fingerprint density at radius 3 is 2.89 bits per heavy atom. The fraction of sp³-hybridized carbons (Fsp3) is 0.500. The summed E-state index contributed by atoms with van der Waals surface area (Å²) in [4.78, 5) is 18.6. The third-order valence-electron chi connectivity index (χ3n) is 6.23. The third kappa shape index (κ3) is 2.88. The van der Waals surface area contributed by atoms with Gasteiger partial charge in [0.2, 0.25) is 0 Å². The number of anilines is 3. The maximum atomic E-state index is 5.93. The molecular formula is C20H26N8. The average molecular weight is 378 g/mol. The van der Waals surface area contributed by atoms with E-state index < -0.39 is 0 Å². The molecule has 2 aliphatic heterocycles. The summed E-state index contributed by atoms with van der Waals surface area (Å²) in [6, 6.07) is 4.08. The number of fused-ring (bicyclic) bond motifs is 2. The molecule has 0 saturated carbocycles. The molecule has 0 atom stereocenters. The summed E-state index contributed by atoms with van der Waals surface area (Å²) in [7, 11) is 0. The van der Waals surface area contributed by atoms with Gasteiger partial charge in [-0.1, -0.05) is 6.92 Å². The first-order valence-electron chi connectivity index (χ1n) is 10.0. The molecule has 5 rings (SSSR count). The minimum absolute atomic E-state index is 0.241. The van der Waals surface area contributed by atoms with E-state index in [0.717, 1.165) is 86.0 Å². The fourth-order valence-electron chi connectivity index (χ4n) is 4.21. The van der Waals surface area contributed by atoms with Crippen molar-refractivity contribution in [1.82, 2.24) is 25.1 Å². The molecule has 0 amide bonds. The summed E-state index contributed by atoms with van der Waals surface area (Å²) >= 11 is 0. The predicted octanol–water partition coefficient (Wildman–Crippen LogP) is 2.40. The van der Waals surface area contributed by atoms with E-state index in [-0.39, 0.29) is 5.41 Å². The molecule has 3 N–H and O–H groups in total. The van der Waals surface area contributed by atoms with Crippen molar-refractivity contribution in [1.29, 1.82) is 0 Å². The van der Waals surface area contributed by atoms with Gasteiger partial charge in [0, 0.05) is 25.8 Å². The molecule has 0 bridgehead atoms. The Balaban J connectivity index is 1.44. The van der Waals surface area contributed by atoms with Crippen LogP contribution in [-0.2, 0) is 6.42 Å². The number of H-pyrrole nitrogens is 1. The van der Waals surface area contributed by atoms with Crippen molar-refractivity contribution in [2.24, 2.45) is 11.1 Å². The highest BCUT2D eigenvalue weighted by molar-refractivity contribution is 5.87. The van der Waals surface area contributed by atoms with E-state index in [2.05, 4.69) is 38.0 Å². The number of aryl methyl sites for hydroxylation is 1. The van der Waals surface area contributed by atoms with Crippen molar-refractivity contribution in [2.75, 3.05) is 36.0 Å². The van der Waals surface area contributed by atoms with Crippen LogP contribution in [0.3, 0.4) is 0 Å². The van der Waals surface area contributed by atoms with Crippen LogP contribution in [0, 0.1) is 5.41 Å². The van der Waals surface area contributed by atoms with Crippen LogP contribution in [0.2, 0.25) is 0 Å². The number of nitrogens with zero attached hydrogens (tertiary/aromatic N) is 6. The lowest BCUT2D eigenvalue weighted by Gasteiger charge is -2.39. The summed E-state index contributed by atoms with van der Waals surface area (Å²) in [5.41, 5.74) is 9.95. The molecule has 8 heteroatoms. The summed E-state index contributed by atoms with van der Waals surface area (Å²) in [6.07, 6.45) is 7.94. The second-order valence-electron chi connectivity index (χ2n) is 8.20. The van der Waals surface area contributed by atoms with E-state index in [9.17, 15) is 0 Å². The Labute approximate surface area is 164 Å². The van der Waals surface area contributed by atoms with E-state index in [1.54, 1.807) is 0 Å². The zero-order valence-corrected chi connectivity index (χ0v) is 16.2. The lowest BCUT2D eigenvalue weighted by atomic mass is 9.80. The third-order valence-corrected chi connectivity index (χ3v) is 6.23. The summed E-state index contributed by atoms with van der Waals surface area (Å²) < 4.78 is 0. The predicted molar refractivity (Wildman–Crippen MR) is 110 cm³/mol. The highest BCUT2D eigenvalue weighted by Crippen LogP contribution is 2.35. The van der Waals surface area contributed by atoms with Crippen LogP contribution in [0.25, 0.3) is 11.2 Å². The lowest BCUT2D eigenvalue weighted by Crippen LogP contribution is -2.42. The maximum absolute atomic E-state index is 5.93. The maximum Gasteiger partial charge on any atom is 0.183 e. The van der Waals surface area contributed by atoms with Gasteiger partial charge in [-0.25, -0.2) is 9.97 Å². The van der Waals surface area contributed by atoms with Gasteiger partial charge in [-0.15, -0.1) is 0 Å². The number of hydrogen-bond donors (Lipinski definition) is 2. The number of hydrogen-bond acceptors (Lipinski definition) is 7. The van der Waals surface area contributed by atoms with Crippen molar-refractivity contribution in [3.8, 4) is 0 Å². The van der Waals surface area contributed by atoms with E-state index in [1.165, 1.54) is 0 Å². The molecule has 1 saturated heterocycles. The normalized spacial score (nSPS) is 19.1. The van der Waals surface area contributed by atoms with E-state index in [0.29, 0.717) is 0 Å². The van der Waals surface area contributed by atoms with Crippen molar-refractivity contribution in [3.63, 3.8) is 0 Å². The molecule has 1 fully saturated rings. The number of nitrogens with two attached hydrogens (primary N) is 1. The quantitative estimate of drug-likeness (QED) is 0.722. The summed E-state index contributed by atoms with van der Waals surface area (Å²) in [5.74, 6) is 1.74. The number of piperidine rings is 1. The van der Waals surface area contributed by atoms with Crippen molar-refractivity contribution in [3.05, 3.63) is 30.2 Å². The lowest BCUT2D eigenvalue weighted by molar-refractivity contribution is 0.258. The van der Waals surface area contributed by atoms with Gasteiger partial charge in [0.15, 0.2) is 17.0 Å².